The maximum atomic E-state index is 8.69. The van der Waals surface area contributed by atoms with E-state index in [1.165, 1.54) is 5.01 Å². The first-order chi connectivity index (χ1) is 5.58. The Hall–Kier alpha value is -0.460. The Morgan fingerprint density at radius 1 is 1.67 bits per heavy atom. The van der Waals surface area contributed by atoms with Crippen molar-refractivity contribution in [3.63, 3.8) is 0 Å². The van der Waals surface area contributed by atoms with E-state index >= 15 is 0 Å². The zero-order chi connectivity index (χ0) is 9.03. The number of rotatable bonds is 3. The maximum absolute atomic E-state index is 8.69. The highest BCUT2D eigenvalue weighted by Crippen LogP contribution is 2.36. The van der Waals surface area contributed by atoms with Crippen molar-refractivity contribution < 1.29 is 14.3 Å². The average molecular weight is 209 g/mol. The summed E-state index contributed by atoms with van der Waals surface area (Å²) >= 11 is 4.24. The van der Waals surface area contributed by atoms with Gasteiger partial charge < -0.3 is 9.79 Å². The van der Waals surface area contributed by atoms with Crippen LogP contribution in [0, 0.1) is 0 Å². The molecule has 68 valence electrons. The smallest absolute Gasteiger partial charge is 0.323 e. The fraction of sp³-hybridized carbons (Fsp3) is 0.250. The second-order valence-electron chi connectivity index (χ2n) is 1.94. The van der Waals surface area contributed by atoms with Gasteiger partial charge >= 0.3 is 6.72 Å². The molecule has 0 aromatic carbocycles. The van der Waals surface area contributed by atoms with Crippen molar-refractivity contribution in [1.82, 2.24) is 10.5 Å². The van der Waals surface area contributed by atoms with Crippen molar-refractivity contribution >= 4 is 24.7 Å². The van der Waals surface area contributed by atoms with Gasteiger partial charge in [0, 0.05) is 6.20 Å². The largest absolute Gasteiger partial charge is 0.324 e. The van der Waals surface area contributed by atoms with Crippen molar-refractivity contribution in [2.75, 3.05) is 6.73 Å². The van der Waals surface area contributed by atoms with Crippen LogP contribution in [-0.2, 0) is 16.3 Å². The zero-order valence-electron chi connectivity index (χ0n) is 5.99. The molecule has 6 nitrogen and oxygen atoms in total. The van der Waals surface area contributed by atoms with Gasteiger partial charge in [0.25, 0.3) is 0 Å². The summed E-state index contributed by atoms with van der Waals surface area (Å²) in [5, 5.41) is 5.07. The van der Waals surface area contributed by atoms with Crippen molar-refractivity contribution in [3.8, 4) is 0 Å². The third kappa shape index (κ3) is 3.80. The molecule has 0 unspecified atom stereocenters. The summed E-state index contributed by atoms with van der Waals surface area (Å²) in [4.78, 5) is 17.4. The third-order valence-electron chi connectivity index (χ3n) is 0.978. The normalized spacial score (nSPS) is 16.3. The Kier molecular flexibility index (Phi) is 3.19. The van der Waals surface area contributed by atoms with Gasteiger partial charge in [0.05, 0.1) is 6.21 Å². The van der Waals surface area contributed by atoms with E-state index in [1.54, 1.807) is 18.5 Å². The summed E-state index contributed by atoms with van der Waals surface area (Å²) in [6.07, 6.45) is 4.83. The maximum Gasteiger partial charge on any atom is 0.323 e. The van der Waals surface area contributed by atoms with Crippen LogP contribution in [0.5, 0.6) is 0 Å². The van der Waals surface area contributed by atoms with E-state index in [0.29, 0.717) is 0 Å². The number of hydrogen-bond donors (Lipinski definition) is 3. The lowest BCUT2D eigenvalue weighted by Gasteiger charge is -2.21. The van der Waals surface area contributed by atoms with Gasteiger partial charge in [0.15, 0.2) is 0 Å². The summed E-state index contributed by atoms with van der Waals surface area (Å²) in [6.45, 7) is -3.62. The Balaban J connectivity index is 2.29. The molecule has 0 aliphatic carbocycles. The molecule has 0 bridgehead atoms. The summed E-state index contributed by atoms with van der Waals surface area (Å²) in [6, 6.07) is 0. The lowest BCUT2D eigenvalue weighted by molar-refractivity contribution is 0.111. The lowest BCUT2D eigenvalue weighted by atomic mass is 10.6. The van der Waals surface area contributed by atoms with E-state index in [1.807, 2.05) is 0 Å². The van der Waals surface area contributed by atoms with Gasteiger partial charge in [-0.1, -0.05) is 0 Å². The minimum absolute atomic E-state index is 0.0574. The highest BCUT2D eigenvalue weighted by atomic mass is 32.5. The molecule has 0 aromatic rings. The molecule has 1 heterocycles. The Labute approximate surface area is 74.4 Å². The van der Waals surface area contributed by atoms with Crippen LogP contribution in [0.2, 0.25) is 0 Å². The molecule has 0 spiro atoms. The van der Waals surface area contributed by atoms with Gasteiger partial charge in [0.1, 0.15) is 6.73 Å². The van der Waals surface area contributed by atoms with Crippen LogP contribution in [0.25, 0.3) is 0 Å². The average Bonchev–Trinajstić information content (AvgIpc) is 2.02. The highest BCUT2D eigenvalue weighted by molar-refractivity contribution is 8.06. The first-order valence-electron chi connectivity index (χ1n) is 3.00. The van der Waals surface area contributed by atoms with Crippen LogP contribution >= 0.6 is 6.72 Å². The molecule has 0 fully saturated rings. The topological polar surface area (TPSA) is 77.3 Å². The second kappa shape index (κ2) is 3.97. The number of allylic oxidation sites excluding steroid dienone is 1. The molecular weight excluding hydrogens is 201 g/mol. The standard InChI is InChI=1S/C4H8N3O3PS/c8-11(9,12)10-4-7-3-1-2-5-6-7/h1-3,6H,4H2,(H2,8,9,12). The van der Waals surface area contributed by atoms with E-state index in [2.05, 4.69) is 27.0 Å². The molecule has 1 rings (SSSR count). The van der Waals surface area contributed by atoms with Gasteiger partial charge in [-0.15, -0.1) is 0 Å². The Morgan fingerprint density at radius 3 is 2.92 bits per heavy atom. The Morgan fingerprint density at radius 2 is 2.42 bits per heavy atom. The van der Waals surface area contributed by atoms with Crippen LogP contribution in [0.3, 0.4) is 0 Å². The van der Waals surface area contributed by atoms with Gasteiger partial charge in [-0.2, -0.15) is 5.10 Å². The number of hydrogen-bond acceptors (Lipinski definition) is 5. The monoisotopic (exact) mass is 209 g/mol. The van der Waals surface area contributed by atoms with Crippen LogP contribution in [0.4, 0.5) is 0 Å². The predicted molar refractivity (Wildman–Crippen MR) is 47.3 cm³/mol. The van der Waals surface area contributed by atoms with E-state index in [9.17, 15) is 0 Å². The van der Waals surface area contributed by atoms with Gasteiger partial charge in [-0.3, -0.25) is 9.53 Å². The van der Waals surface area contributed by atoms with Crippen molar-refractivity contribution in [2.45, 2.75) is 0 Å². The fourth-order valence-corrected chi connectivity index (χ4v) is 0.952. The molecule has 1 aliphatic heterocycles. The van der Waals surface area contributed by atoms with Crippen molar-refractivity contribution in [3.05, 3.63) is 12.3 Å². The molecule has 0 atom stereocenters. The van der Waals surface area contributed by atoms with Gasteiger partial charge in [0.2, 0.25) is 0 Å². The van der Waals surface area contributed by atoms with Crippen molar-refractivity contribution in [2.24, 2.45) is 5.10 Å². The summed E-state index contributed by atoms with van der Waals surface area (Å²) in [5.74, 6) is 0. The zero-order valence-corrected chi connectivity index (χ0v) is 7.70. The lowest BCUT2D eigenvalue weighted by Crippen LogP contribution is -2.32. The van der Waals surface area contributed by atoms with Crippen LogP contribution in [0.1, 0.15) is 0 Å². The minimum atomic E-state index is -3.57. The molecule has 8 heteroatoms. The molecule has 0 amide bonds. The molecule has 3 N–H and O–H groups in total. The van der Waals surface area contributed by atoms with Crippen molar-refractivity contribution in [1.29, 1.82) is 0 Å². The van der Waals surface area contributed by atoms with E-state index in [-0.39, 0.29) is 6.73 Å². The predicted octanol–water partition coefficient (Wildman–Crippen LogP) is -0.511. The summed E-state index contributed by atoms with van der Waals surface area (Å²) < 4.78 is 4.54. The SMILES string of the molecule is OP(O)(=S)OCN1C=CC=NN1. The van der Waals surface area contributed by atoms with E-state index in [4.69, 9.17) is 9.79 Å². The first-order valence-corrected chi connectivity index (χ1v) is 5.63. The minimum Gasteiger partial charge on any atom is -0.324 e. The second-order valence-corrected chi connectivity index (χ2v) is 4.60. The number of nitrogens with one attached hydrogen (secondary N) is 1. The molecule has 0 saturated heterocycles. The Bertz CT molecular complexity index is 250. The first kappa shape index (κ1) is 9.63. The molecule has 0 radical (unpaired) electrons. The molecule has 0 saturated carbocycles. The van der Waals surface area contributed by atoms with Crippen LogP contribution in [0.15, 0.2) is 17.4 Å². The number of hydrazone groups is 1. The highest BCUT2D eigenvalue weighted by Gasteiger charge is 2.09. The quantitative estimate of drug-likeness (QED) is 0.543. The summed E-state index contributed by atoms with van der Waals surface area (Å²) in [5.41, 5.74) is 2.53. The van der Waals surface area contributed by atoms with Crippen LogP contribution in [-0.4, -0.2) is 27.7 Å². The van der Waals surface area contributed by atoms with Gasteiger partial charge in [-0.05, 0) is 17.9 Å². The molecule has 0 aromatic heterocycles. The molecular formula is C4H8N3O3PS. The fourth-order valence-electron chi connectivity index (χ4n) is 0.536. The third-order valence-corrected chi connectivity index (χ3v) is 1.75. The van der Waals surface area contributed by atoms with Crippen LogP contribution < -0.4 is 5.53 Å². The molecule has 12 heavy (non-hydrogen) atoms. The van der Waals surface area contributed by atoms with E-state index in [0.717, 1.165) is 0 Å². The van der Waals surface area contributed by atoms with E-state index < -0.39 is 6.72 Å². The number of hydrazine groups is 1. The number of nitrogens with zero attached hydrogens (tertiary/aromatic N) is 2. The van der Waals surface area contributed by atoms with Gasteiger partial charge in [-0.25, -0.2) is 5.53 Å². The summed E-state index contributed by atoms with van der Waals surface area (Å²) in [7, 11) is 0. The molecule has 1 aliphatic rings.